The third kappa shape index (κ3) is 1.82. The fourth-order valence-electron chi connectivity index (χ4n) is 2.09. The summed E-state index contributed by atoms with van der Waals surface area (Å²) in [5.41, 5.74) is 7.79. The van der Waals surface area contributed by atoms with Crippen LogP contribution in [-0.2, 0) is 6.42 Å². The van der Waals surface area contributed by atoms with Crippen molar-refractivity contribution in [3.63, 3.8) is 0 Å². The average molecular weight is 227 g/mol. The second-order valence-corrected chi connectivity index (χ2v) is 4.21. The van der Waals surface area contributed by atoms with Crippen molar-refractivity contribution >= 4 is 5.82 Å². The van der Waals surface area contributed by atoms with E-state index in [0.717, 1.165) is 17.9 Å². The van der Waals surface area contributed by atoms with Crippen LogP contribution in [0.1, 0.15) is 23.2 Å². The van der Waals surface area contributed by atoms with Crippen molar-refractivity contribution in [2.45, 2.75) is 19.4 Å². The topological polar surface area (TPSA) is 61.0 Å². The minimum absolute atomic E-state index is 0.116. The number of fused-ring (bicyclic) bond motifs is 1. The first kappa shape index (κ1) is 10.1. The molecule has 4 nitrogen and oxygen atoms in total. The predicted molar refractivity (Wildman–Crippen MR) is 64.7 cm³/mol. The summed E-state index contributed by atoms with van der Waals surface area (Å²) in [6, 6.07) is 9.76. The summed E-state index contributed by atoms with van der Waals surface area (Å²) in [4.78, 5) is 8.62. The average Bonchev–Trinajstić information content (AvgIpc) is 2.71. The number of aromatic nitrogens is 2. The fraction of sp³-hybridized carbons (Fsp3) is 0.231. The fourth-order valence-corrected chi connectivity index (χ4v) is 2.09. The number of benzene rings is 1. The highest BCUT2D eigenvalue weighted by molar-refractivity contribution is 5.39. The summed E-state index contributed by atoms with van der Waals surface area (Å²) < 4.78 is 5.82. The molecule has 4 heteroatoms. The van der Waals surface area contributed by atoms with Gasteiger partial charge in [-0.15, -0.1) is 0 Å². The summed E-state index contributed by atoms with van der Waals surface area (Å²) in [6.07, 6.45) is 0.689. The summed E-state index contributed by atoms with van der Waals surface area (Å²) in [5.74, 6) is 2.08. The molecule has 3 rings (SSSR count). The minimum atomic E-state index is -0.116. The predicted octanol–water partition coefficient (Wildman–Crippen LogP) is 2.04. The quantitative estimate of drug-likeness (QED) is 0.809. The number of nitrogen functional groups attached to an aromatic ring is 1. The van der Waals surface area contributed by atoms with Crippen LogP contribution in [0.15, 0.2) is 30.3 Å². The smallest absolute Gasteiger partial charge is 0.172 e. The molecule has 2 N–H and O–H groups in total. The van der Waals surface area contributed by atoms with Crippen LogP contribution >= 0.6 is 0 Å². The first-order valence-corrected chi connectivity index (χ1v) is 5.58. The molecule has 1 aliphatic rings. The zero-order chi connectivity index (χ0) is 11.8. The molecule has 1 atom stereocenters. The van der Waals surface area contributed by atoms with E-state index in [9.17, 15) is 0 Å². The van der Waals surface area contributed by atoms with Gasteiger partial charge in [0.2, 0.25) is 0 Å². The van der Waals surface area contributed by atoms with E-state index >= 15 is 0 Å². The lowest BCUT2D eigenvalue weighted by Crippen LogP contribution is -2.10. The van der Waals surface area contributed by atoms with Gasteiger partial charge in [0.05, 0.1) is 0 Å². The molecule has 0 aliphatic carbocycles. The maximum atomic E-state index is 5.82. The molecule has 0 saturated heterocycles. The highest BCUT2D eigenvalue weighted by atomic mass is 16.5. The Morgan fingerprint density at radius 1 is 1.29 bits per heavy atom. The zero-order valence-corrected chi connectivity index (χ0v) is 9.55. The molecule has 0 radical (unpaired) electrons. The standard InChI is InChI=1S/C13H13N3O/c1-8-6-12(14)16-13(15-8)11-7-9-4-2-3-5-10(9)17-11/h2-6,11H,7H2,1H3,(H2,14,15,16). The Morgan fingerprint density at radius 3 is 2.88 bits per heavy atom. The molecule has 0 amide bonds. The molecule has 1 unspecified atom stereocenters. The van der Waals surface area contributed by atoms with Crippen molar-refractivity contribution in [3.8, 4) is 5.75 Å². The molecule has 17 heavy (non-hydrogen) atoms. The first-order valence-electron chi connectivity index (χ1n) is 5.58. The van der Waals surface area contributed by atoms with Gasteiger partial charge < -0.3 is 10.5 Å². The summed E-state index contributed by atoms with van der Waals surface area (Å²) in [7, 11) is 0. The Labute approximate surface area is 99.5 Å². The van der Waals surface area contributed by atoms with Gasteiger partial charge in [0.15, 0.2) is 11.9 Å². The van der Waals surface area contributed by atoms with E-state index in [0.29, 0.717) is 11.6 Å². The van der Waals surface area contributed by atoms with Gasteiger partial charge >= 0.3 is 0 Å². The molecule has 2 aromatic rings. The van der Waals surface area contributed by atoms with Gasteiger partial charge in [0.1, 0.15) is 11.6 Å². The van der Waals surface area contributed by atoms with Crippen molar-refractivity contribution in [3.05, 3.63) is 47.4 Å². The highest BCUT2D eigenvalue weighted by Crippen LogP contribution is 2.35. The Kier molecular flexibility index (Phi) is 2.21. The van der Waals surface area contributed by atoms with E-state index in [1.165, 1.54) is 5.56 Å². The van der Waals surface area contributed by atoms with Crippen LogP contribution in [0.5, 0.6) is 5.75 Å². The second-order valence-electron chi connectivity index (χ2n) is 4.21. The molecule has 0 bridgehead atoms. The first-order chi connectivity index (χ1) is 8.22. The van der Waals surface area contributed by atoms with Gasteiger partial charge in [-0.25, -0.2) is 9.97 Å². The van der Waals surface area contributed by atoms with E-state index in [2.05, 4.69) is 16.0 Å². The lowest BCUT2D eigenvalue weighted by atomic mass is 10.1. The molecule has 86 valence electrons. The van der Waals surface area contributed by atoms with Crippen molar-refractivity contribution in [1.29, 1.82) is 0 Å². The maximum absolute atomic E-state index is 5.82. The van der Waals surface area contributed by atoms with Crippen LogP contribution in [0.3, 0.4) is 0 Å². The molecule has 0 spiro atoms. The zero-order valence-electron chi connectivity index (χ0n) is 9.55. The number of ether oxygens (including phenoxy) is 1. The van der Waals surface area contributed by atoms with Gasteiger partial charge in [0.25, 0.3) is 0 Å². The molecule has 0 saturated carbocycles. The van der Waals surface area contributed by atoms with E-state index in [-0.39, 0.29) is 6.10 Å². The molecule has 0 fully saturated rings. The number of hydrogen-bond acceptors (Lipinski definition) is 4. The summed E-state index contributed by atoms with van der Waals surface area (Å²) >= 11 is 0. The molecule has 1 aromatic carbocycles. The van der Waals surface area contributed by atoms with Gasteiger partial charge in [-0.3, -0.25) is 0 Å². The maximum Gasteiger partial charge on any atom is 0.172 e. The van der Waals surface area contributed by atoms with Gasteiger partial charge in [-0.05, 0) is 18.6 Å². The third-order valence-corrected chi connectivity index (χ3v) is 2.83. The normalized spacial score (nSPS) is 17.6. The van der Waals surface area contributed by atoms with E-state index in [1.807, 2.05) is 25.1 Å². The second kappa shape index (κ2) is 3.73. The van der Waals surface area contributed by atoms with E-state index in [1.54, 1.807) is 6.07 Å². The largest absolute Gasteiger partial charge is 0.482 e. The van der Waals surface area contributed by atoms with E-state index in [4.69, 9.17) is 10.5 Å². The van der Waals surface area contributed by atoms with Crippen molar-refractivity contribution in [2.24, 2.45) is 0 Å². The van der Waals surface area contributed by atoms with Crippen molar-refractivity contribution in [1.82, 2.24) is 9.97 Å². The number of nitrogens with zero attached hydrogens (tertiary/aromatic N) is 2. The monoisotopic (exact) mass is 227 g/mol. The Hall–Kier alpha value is -2.10. The van der Waals surface area contributed by atoms with E-state index < -0.39 is 0 Å². The number of anilines is 1. The van der Waals surface area contributed by atoms with Crippen molar-refractivity contribution < 1.29 is 4.74 Å². The van der Waals surface area contributed by atoms with Gasteiger partial charge in [-0.1, -0.05) is 18.2 Å². The summed E-state index contributed by atoms with van der Waals surface area (Å²) in [5, 5.41) is 0. The number of hydrogen-bond donors (Lipinski definition) is 1. The van der Waals surface area contributed by atoms with Crippen LogP contribution in [0.4, 0.5) is 5.82 Å². The molecule has 1 aliphatic heterocycles. The molecular formula is C13H13N3O. The highest BCUT2D eigenvalue weighted by Gasteiger charge is 2.26. The lowest BCUT2D eigenvalue weighted by Gasteiger charge is -2.10. The molecular weight excluding hydrogens is 214 g/mol. The summed E-state index contributed by atoms with van der Waals surface area (Å²) in [6.45, 7) is 1.91. The Bertz CT molecular complexity index is 523. The van der Waals surface area contributed by atoms with Crippen LogP contribution in [0, 0.1) is 6.92 Å². The molecule has 2 heterocycles. The Morgan fingerprint density at radius 2 is 2.12 bits per heavy atom. The van der Waals surface area contributed by atoms with Crippen LogP contribution in [0.2, 0.25) is 0 Å². The molecule has 1 aromatic heterocycles. The SMILES string of the molecule is Cc1cc(N)nc(C2Cc3ccccc3O2)n1. The number of rotatable bonds is 1. The number of para-hydroxylation sites is 1. The third-order valence-electron chi connectivity index (χ3n) is 2.83. The van der Waals surface area contributed by atoms with Crippen LogP contribution < -0.4 is 10.5 Å². The van der Waals surface area contributed by atoms with Gasteiger partial charge in [-0.2, -0.15) is 0 Å². The van der Waals surface area contributed by atoms with Gasteiger partial charge in [0, 0.05) is 18.2 Å². The van der Waals surface area contributed by atoms with Crippen LogP contribution in [0.25, 0.3) is 0 Å². The Balaban J connectivity index is 1.93. The lowest BCUT2D eigenvalue weighted by molar-refractivity contribution is 0.227. The minimum Gasteiger partial charge on any atom is -0.482 e. The number of aryl methyl sites for hydroxylation is 1. The van der Waals surface area contributed by atoms with Crippen molar-refractivity contribution in [2.75, 3.05) is 5.73 Å². The van der Waals surface area contributed by atoms with Crippen LogP contribution in [-0.4, -0.2) is 9.97 Å². The number of nitrogens with two attached hydrogens (primary N) is 1.